The highest BCUT2D eigenvalue weighted by atomic mass is 16.3. The van der Waals surface area contributed by atoms with E-state index in [1.165, 1.54) is 40.7 Å². The van der Waals surface area contributed by atoms with Crippen LogP contribution in [-0.2, 0) is 6.42 Å². The third-order valence-corrected chi connectivity index (χ3v) is 9.73. The van der Waals surface area contributed by atoms with Gasteiger partial charge in [-0.25, -0.2) is 0 Å². The van der Waals surface area contributed by atoms with E-state index in [-0.39, 0.29) is 11.5 Å². The van der Waals surface area contributed by atoms with Gasteiger partial charge in [0.1, 0.15) is 5.75 Å². The van der Waals surface area contributed by atoms with E-state index in [9.17, 15) is 10.2 Å². The van der Waals surface area contributed by atoms with Crippen molar-refractivity contribution in [2.75, 3.05) is 0 Å². The molecule has 4 unspecified atom stereocenters. The molecule has 0 heterocycles. The van der Waals surface area contributed by atoms with Gasteiger partial charge < -0.3 is 10.2 Å². The summed E-state index contributed by atoms with van der Waals surface area (Å²) < 4.78 is 0. The Morgan fingerprint density at radius 2 is 1.69 bits per heavy atom. The van der Waals surface area contributed by atoms with Gasteiger partial charge in [0, 0.05) is 0 Å². The van der Waals surface area contributed by atoms with Crippen LogP contribution in [0.3, 0.4) is 0 Å². The standard InChI is InChI=1S/C33H48O2/c1-22(2)8-6-9-23(3)10-7-11-24(4)12-13-25-20-26-21-27(34)14-15-28(26)29-18-19-33(5)30(32(25)29)16-17-31(33)35/h8,10,12,14-15,21,25,29-32,34-35H,6-7,9,11,13,16-20H2,1-5H3/b23-10+,24-12+/t25?,29?,30?,31-,32?,33-/m0/s1. The summed E-state index contributed by atoms with van der Waals surface area (Å²) in [5.41, 5.74) is 7.33. The summed E-state index contributed by atoms with van der Waals surface area (Å²) in [5, 5.41) is 21.1. The zero-order valence-corrected chi connectivity index (χ0v) is 22.8. The fourth-order valence-corrected chi connectivity index (χ4v) is 7.67. The Labute approximate surface area is 214 Å². The van der Waals surface area contributed by atoms with E-state index >= 15 is 0 Å². The van der Waals surface area contributed by atoms with E-state index in [0.717, 1.165) is 51.4 Å². The minimum atomic E-state index is -0.139. The van der Waals surface area contributed by atoms with Crippen LogP contribution in [0, 0.1) is 23.2 Å². The first-order valence-electron chi connectivity index (χ1n) is 14.1. The third kappa shape index (κ3) is 5.79. The fraction of sp³-hybridized carbons (Fsp3) is 0.636. The number of phenolic OH excluding ortho intramolecular Hbond substituents is 1. The molecular weight excluding hydrogens is 428 g/mol. The Kier molecular flexibility index (Phi) is 8.31. The molecule has 2 heteroatoms. The number of benzene rings is 1. The average Bonchev–Trinajstić information content (AvgIpc) is 3.11. The molecule has 6 atom stereocenters. The first-order valence-corrected chi connectivity index (χ1v) is 14.1. The predicted molar refractivity (Wildman–Crippen MR) is 148 cm³/mol. The topological polar surface area (TPSA) is 40.5 Å². The van der Waals surface area contributed by atoms with Gasteiger partial charge in [0.15, 0.2) is 0 Å². The van der Waals surface area contributed by atoms with Crippen LogP contribution in [0.4, 0.5) is 0 Å². The number of fused-ring (bicyclic) bond motifs is 5. The summed E-state index contributed by atoms with van der Waals surface area (Å²) in [4.78, 5) is 0. The smallest absolute Gasteiger partial charge is 0.115 e. The summed E-state index contributed by atoms with van der Waals surface area (Å²) >= 11 is 0. The second kappa shape index (κ2) is 11.1. The van der Waals surface area contributed by atoms with Crippen LogP contribution >= 0.6 is 0 Å². The number of allylic oxidation sites excluding steroid dienone is 6. The van der Waals surface area contributed by atoms with Crippen LogP contribution in [0.1, 0.15) is 109 Å². The molecule has 2 N–H and O–H groups in total. The predicted octanol–water partition coefficient (Wildman–Crippen LogP) is 8.64. The molecule has 1 aromatic carbocycles. The summed E-state index contributed by atoms with van der Waals surface area (Å²) in [5.74, 6) is 2.83. The zero-order chi connectivity index (χ0) is 25.2. The molecular formula is C33H48O2. The molecule has 0 amide bonds. The van der Waals surface area contributed by atoms with E-state index in [0.29, 0.717) is 29.4 Å². The number of aliphatic hydroxyl groups is 1. The maximum Gasteiger partial charge on any atom is 0.115 e. The van der Waals surface area contributed by atoms with E-state index in [1.54, 1.807) is 0 Å². The molecule has 0 saturated heterocycles. The molecule has 0 spiro atoms. The highest BCUT2D eigenvalue weighted by Gasteiger charge is 2.56. The van der Waals surface area contributed by atoms with E-state index < -0.39 is 0 Å². The van der Waals surface area contributed by atoms with Crippen LogP contribution in [0.25, 0.3) is 0 Å². The Balaban J connectivity index is 1.45. The minimum Gasteiger partial charge on any atom is -0.508 e. The fourth-order valence-electron chi connectivity index (χ4n) is 7.67. The van der Waals surface area contributed by atoms with E-state index in [1.807, 2.05) is 12.1 Å². The van der Waals surface area contributed by atoms with Gasteiger partial charge in [-0.1, -0.05) is 47.9 Å². The normalized spacial score (nSPS) is 32.6. The Morgan fingerprint density at radius 3 is 2.43 bits per heavy atom. The Morgan fingerprint density at radius 1 is 0.971 bits per heavy atom. The van der Waals surface area contributed by atoms with Gasteiger partial charge in [0.25, 0.3) is 0 Å². The highest BCUT2D eigenvalue weighted by Crippen LogP contribution is 2.62. The molecule has 1 aromatic rings. The largest absolute Gasteiger partial charge is 0.508 e. The summed E-state index contributed by atoms with van der Waals surface area (Å²) in [6, 6.07) is 6.10. The molecule has 3 aliphatic rings. The van der Waals surface area contributed by atoms with Gasteiger partial charge in [0.2, 0.25) is 0 Å². The molecule has 2 fully saturated rings. The van der Waals surface area contributed by atoms with Crippen LogP contribution in [0.2, 0.25) is 0 Å². The number of phenols is 1. The van der Waals surface area contributed by atoms with Crippen LogP contribution in [-0.4, -0.2) is 16.3 Å². The molecule has 2 nitrogen and oxygen atoms in total. The minimum absolute atomic E-state index is 0.0838. The van der Waals surface area contributed by atoms with E-state index in [4.69, 9.17) is 0 Å². The van der Waals surface area contributed by atoms with Crippen molar-refractivity contribution in [2.24, 2.45) is 23.2 Å². The van der Waals surface area contributed by atoms with Crippen molar-refractivity contribution in [2.45, 2.75) is 111 Å². The van der Waals surface area contributed by atoms with Crippen molar-refractivity contribution in [1.82, 2.24) is 0 Å². The van der Waals surface area contributed by atoms with Gasteiger partial charge in [-0.2, -0.15) is 0 Å². The highest BCUT2D eigenvalue weighted by molar-refractivity contribution is 5.41. The summed E-state index contributed by atoms with van der Waals surface area (Å²) in [6.07, 6.45) is 18.3. The lowest BCUT2D eigenvalue weighted by molar-refractivity contribution is -0.0378. The Bertz CT molecular complexity index is 979. The lowest BCUT2D eigenvalue weighted by Gasteiger charge is -2.53. The van der Waals surface area contributed by atoms with Crippen LogP contribution in [0.5, 0.6) is 5.75 Å². The molecule has 0 bridgehead atoms. The molecule has 4 rings (SSSR count). The first kappa shape index (κ1) is 26.3. The number of rotatable bonds is 8. The van der Waals surface area contributed by atoms with Gasteiger partial charge >= 0.3 is 0 Å². The maximum absolute atomic E-state index is 10.9. The number of hydrogen-bond acceptors (Lipinski definition) is 2. The van der Waals surface area contributed by atoms with Gasteiger partial charge in [-0.05, 0) is 144 Å². The van der Waals surface area contributed by atoms with Crippen molar-refractivity contribution in [3.8, 4) is 5.75 Å². The summed E-state index contributed by atoms with van der Waals surface area (Å²) in [7, 11) is 0. The number of aromatic hydroxyl groups is 1. The third-order valence-electron chi connectivity index (χ3n) is 9.73. The average molecular weight is 477 g/mol. The number of aliphatic hydroxyl groups excluding tert-OH is 1. The quantitative estimate of drug-likeness (QED) is 0.369. The van der Waals surface area contributed by atoms with Gasteiger partial charge in [-0.3, -0.25) is 0 Å². The monoisotopic (exact) mass is 476 g/mol. The molecule has 35 heavy (non-hydrogen) atoms. The maximum atomic E-state index is 10.9. The van der Waals surface area contributed by atoms with Crippen molar-refractivity contribution in [3.05, 3.63) is 64.3 Å². The first-order chi connectivity index (χ1) is 16.7. The van der Waals surface area contributed by atoms with Gasteiger partial charge in [0.05, 0.1) is 6.10 Å². The zero-order valence-electron chi connectivity index (χ0n) is 22.8. The van der Waals surface area contributed by atoms with E-state index in [2.05, 4.69) is 58.9 Å². The van der Waals surface area contributed by atoms with Crippen molar-refractivity contribution in [3.63, 3.8) is 0 Å². The molecule has 0 aromatic heterocycles. The molecule has 0 radical (unpaired) electrons. The SMILES string of the molecule is CC(C)=CCC/C(C)=C/CC/C(C)=C/CC1Cc2cc(O)ccc2C2CC[C@@]3(C)C(CC[C@@H]3O)C12. The molecule has 192 valence electrons. The summed E-state index contributed by atoms with van der Waals surface area (Å²) in [6.45, 7) is 11.3. The second-order valence-electron chi connectivity index (χ2n) is 12.5. The second-order valence-corrected chi connectivity index (χ2v) is 12.5. The lowest BCUT2D eigenvalue weighted by Crippen LogP contribution is -2.47. The van der Waals surface area contributed by atoms with Crippen molar-refractivity contribution in [1.29, 1.82) is 0 Å². The van der Waals surface area contributed by atoms with Crippen LogP contribution in [0.15, 0.2) is 53.1 Å². The molecule has 0 aliphatic heterocycles. The molecule has 2 saturated carbocycles. The Hall–Kier alpha value is -1.80. The molecule has 3 aliphatic carbocycles. The van der Waals surface area contributed by atoms with Crippen LogP contribution < -0.4 is 0 Å². The number of hydrogen-bond donors (Lipinski definition) is 2. The van der Waals surface area contributed by atoms with Gasteiger partial charge in [-0.15, -0.1) is 0 Å². The lowest BCUT2D eigenvalue weighted by atomic mass is 9.52. The van der Waals surface area contributed by atoms with Crippen molar-refractivity contribution < 1.29 is 10.2 Å². The van der Waals surface area contributed by atoms with Crippen molar-refractivity contribution >= 4 is 0 Å².